The minimum absolute atomic E-state index is 0.127. The Morgan fingerprint density at radius 1 is 1.23 bits per heavy atom. The molecule has 0 aliphatic carbocycles. The van der Waals surface area contributed by atoms with Crippen molar-refractivity contribution in [3.8, 4) is 5.75 Å². The normalized spacial score (nSPS) is 15.8. The second kappa shape index (κ2) is 7.94. The van der Waals surface area contributed by atoms with E-state index in [1.807, 2.05) is 0 Å². The molecule has 1 aromatic heterocycles. The number of carbonyl (C=O) groups excluding carboxylic acids is 2. The third-order valence-corrected chi connectivity index (χ3v) is 5.49. The molecule has 1 aliphatic rings. The molecule has 1 aliphatic heterocycles. The fourth-order valence-electron chi connectivity index (χ4n) is 3.16. The molecular weight excluding hydrogens is 421 g/mol. The number of amides is 1. The maximum Gasteiger partial charge on any atom is 0.310 e. The second-order valence-corrected chi connectivity index (χ2v) is 7.56. The number of para-hydroxylation sites is 1. The average molecular weight is 436 g/mol. The van der Waals surface area contributed by atoms with Gasteiger partial charge in [0, 0.05) is 0 Å². The Bertz CT molecular complexity index is 1150. The minimum Gasteiger partial charge on any atom is -0.475 e. The van der Waals surface area contributed by atoms with Crippen molar-refractivity contribution in [3.63, 3.8) is 0 Å². The third-order valence-electron chi connectivity index (χ3n) is 4.49. The smallest absolute Gasteiger partial charge is 0.310 e. The zero-order valence-electron chi connectivity index (χ0n) is 15.7. The monoisotopic (exact) mass is 436 g/mol. The number of aromatic nitrogens is 1. The van der Waals surface area contributed by atoms with Crippen LogP contribution in [0, 0.1) is 17.5 Å². The standard InChI is InChI=1S/C20H15F3N2O4S/c1-2-28-16(26)8-13-20(27)25(12-5-3-4-11(22)19(12)29-13)9-15-24-18-14(30-15)7-6-10(21)17(18)23/h3-7,13H,2,8-9H2,1H3. The number of hydrogen-bond donors (Lipinski definition) is 0. The van der Waals surface area contributed by atoms with Gasteiger partial charge in [-0.2, -0.15) is 0 Å². The van der Waals surface area contributed by atoms with Crippen LogP contribution in [-0.2, 0) is 20.9 Å². The largest absolute Gasteiger partial charge is 0.475 e. The Kier molecular flexibility index (Phi) is 5.33. The van der Waals surface area contributed by atoms with Crippen molar-refractivity contribution in [2.45, 2.75) is 26.0 Å². The molecule has 1 atom stereocenters. The number of anilines is 1. The number of rotatable bonds is 5. The Hall–Kier alpha value is -3.14. The molecular formula is C20H15F3N2O4S. The van der Waals surface area contributed by atoms with Crippen molar-refractivity contribution < 1.29 is 32.2 Å². The van der Waals surface area contributed by atoms with Crippen LogP contribution in [-0.4, -0.2) is 29.6 Å². The van der Waals surface area contributed by atoms with E-state index in [-0.39, 0.29) is 30.1 Å². The Labute approximate surface area is 172 Å². The molecule has 0 radical (unpaired) electrons. The number of hydrogen-bond acceptors (Lipinski definition) is 6. The molecule has 1 unspecified atom stereocenters. The van der Waals surface area contributed by atoms with Crippen LogP contribution in [0.15, 0.2) is 30.3 Å². The molecule has 10 heteroatoms. The first kappa shape index (κ1) is 20.1. The Morgan fingerprint density at radius 2 is 2.03 bits per heavy atom. The second-order valence-electron chi connectivity index (χ2n) is 6.44. The molecule has 3 aromatic rings. The zero-order chi connectivity index (χ0) is 21.4. The molecule has 1 amide bonds. The van der Waals surface area contributed by atoms with Crippen molar-refractivity contribution in [2.24, 2.45) is 0 Å². The summed E-state index contributed by atoms with van der Waals surface area (Å²) in [6.45, 7) is 1.62. The first-order valence-electron chi connectivity index (χ1n) is 9.04. The van der Waals surface area contributed by atoms with Gasteiger partial charge in [-0.3, -0.25) is 14.5 Å². The lowest BCUT2D eigenvalue weighted by Crippen LogP contribution is -2.46. The van der Waals surface area contributed by atoms with Crippen LogP contribution < -0.4 is 9.64 Å². The van der Waals surface area contributed by atoms with Crippen LogP contribution in [0.3, 0.4) is 0 Å². The summed E-state index contributed by atoms with van der Waals surface area (Å²) < 4.78 is 52.6. The topological polar surface area (TPSA) is 68.7 Å². The predicted molar refractivity (Wildman–Crippen MR) is 103 cm³/mol. The van der Waals surface area contributed by atoms with Crippen LogP contribution in [0.5, 0.6) is 5.75 Å². The quantitative estimate of drug-likeness (QED) is 0.567. The van der Waals surface area contributed by atoms with Crippen LogP contribution in [0.1, 0.15) is 18.4 Å². The SMILES string of the molecule is CCOC(=O)CC1Oc2c(F)cccc2N(Cc2nc3c(F)c(F)ccc3s2)C1=O. The molecule has 6 nitrogen and oxygen atoms in total. The lowest BCUT2D eigenvalue weighted by Gasteiger charge is -2.33. The summed E-state index contributed by atoms with van der Waals surface area (Å²) in [5.74, 6) is -4.22. The molecule has 156 valence electrons. The fraction of sp³-hybridized carbons (Fsp3) is 0.250. The van der Waals surface area contributed by atoms with Crippen LogP contribution in [0.2, 0.25) is 0 Å². The third kappa shape index (κ3) is 3.58. The minimum atomic E-state index is -1.28. The maximum absolute atomic E-state index is 14.4. The lowest BCUT2D eigenvalue weighted by atomic mass is 10.1. The summed E-state index contributed by atoms with van der Waals surface area (Å²) in [5.41, 5.74) is 0.0178. The van der Waals surface area contributed by atoms with Crippen molar-refractivity contribution in [1.82, 2.24) is 4.98 Å². The summed E-state index contributed by atoms with van der Waals surface area (Å²) in [6.07, 6.45) is -1.67. The first-order valence-corrected chi connectivity index (χ1v) is 9.86. The fourth-order valence-corrected chi connectivity index (χ4v) is 4.11. The van der Waals surface area contributed by atoms with Gasteiger partial charge in [-0.1, -0.05) is 6.07 Å². The molecule has 0 fully saturated rings. The summed E-state index contributed by atoms with van der Waals surface area (Å²) in [6, 6.07) is 6.47. The van der Waals surface area contributed by atoms with E-state index < -0.39 is 41.9 Å². The van der Waals surface area contributed by atoms with E-state index in [2.05, 4.69) is 4.98 Å². The predicted octanol–water partition coefficient (Wildman–Crippen LogP) is 3.96. The van der Waals surface area contributed by atoms with E-state index in [0.29, 0.717) is 9.71 Å². The summed E-state index contributed by atoms with van der Waals surface area (Å²) in [4.78, 5) is 30.2. The van der Waals surface area contributed by atoms with Crippen molar-refractivity contribution >= 4 is 39.1 Å². The van der Waals surface area contributed by atoms with Crippen molar-refractivity contribution in [1.29, 1.82) is 0 Å². The molecule has 0 saturated heterocycles. The van der Waals surface area contributed by atoms with E-state index in [1.165, 1.54) is 29.2 Å². The number of esters is 1. The molecule has 2 aromatic carbocycles. The van der Waals surface area contributed by atoms with Crippen LogP contribution >= 0.6 is 11.3 Å². The summed E-state index contributed by atoms with van der Waals surface area (Å²) in [5, 5.41) is 0.315. The number of halogens is 3. The highest BCUT2D eigenvalue weighted by atomic mass is 32.1. The molecule has 0 N–H and O–H groups in total. The van der Waals surface area contributed by atoms with Gasteiger partial charge in [0.1, 0.15) is 10.5 Å². The molecule has 4 rings (SSSR count). The first-order chi connectivity index (χ1) is 14.4. The molecule has 2 heterocycles. The number of thiazole rings is 1. The highest BCUT2D eigenvalue weighted by molar-refractivity contribution is 7.18. The summed E-state index contributed by atoms with van der Waals surface area (Å²) >= 11 is 1.08. The highest BCUT2D eigenvalue weighted by Gasteiger charge is 2.38. The number of ether oxygens (including phenoxy) is 2. The van der Waals surface area contributed by atoms with Gasteiger partial charge in [0.05, 0.1) is 30.0 Å². The van der Waals surface area contributed by atoms with Gasteiger partial charge in [0.15, 0.2) is 29.3 Å². The number of nitrogens with zero attached hydrogens (tertiary/aromatic N) is 2. The van der Waals surface area contributed by atoms with Crippen LogP contribution in [0.25, 0.3) is 10.2 Å². The van der Waals surface area contributed by atoms with E-state index in [1.54, 1.807) is 6.92 Å². The van der Waals surface area contributed by atoms with Gasteiger partial charge in [0.2, 0.25) is 0 Å². The molecule has 0 saturated carbocycles. The van der Waals surface area contributed by atoms with E-state index in [9.17, 15) is 22.8 Å². The van der Waals surface area contributed by atoms with Crippen molar-refractivity contribution in [3.05, 3.63) is 52.8 Å². The Morgan fingerprint density at radius 3 is 2.80 bits per heavy atom. The average Bonchev–Trinajstić information content (AvgIpc) is 3.12. The van der Waals surface area contributed by atoms with Gasteiger partial charge in [-0.15, -0.1) is 11.3 Å². The summed E-state index contributed by atoms with van der Waals surface area (Å²) in [7, 11) is 0. The van der Waals surface area contributed by atoms with E-state index in [4.69, 9.17) is 9.47 Å². The van der Waals surface area contributed by atoms with Crippen molar-refractivity contribution in [2.75, 3.05) is 11.5 Å². The van der Waals surface area contributed by atoms with Gasteiger partial charge in [0.25, 0.3) is 5.91 Å². The van der Waals surface area contributed by atoms with Gasteiger partial charge >= 0.3 is 5.97 Å². The number of benzene rings is 2. The highest BCUT2D eigenvalue weighted by Crippen LogP contribution is 2.38. The van der Waals surface area contributed by atoms with Gasteiger partial charge in [-0.05, 0) is 31.2 Å². The number of carbonyl (C=O) groups is 2. The number of fused-ring (bicyclic) bond motifs is 2. The van der Waals surface area contributed by atoms with E-state index in [0.717, 1.165) is 17.4 Å². The molecule has 0 bridgehead atoms. The van der Waals surface area contributed by atoms with Crippen LogP contribution in [0.4, 0.5) is 18.9 Å². The molecule has 0 spiro atoms. The maximum atomic E-state index is 14.4. The van der Waals surface area contributed by atoms with E-state index >= 15 is 0 Å². The lowest BCUT2D eigenvalue weighted by molar-refractivity contribution is -0.147. The van der Waals surface area contributed by atoms with Gasteiger partial charge in [-0.25, -0.2) is 18.2 Å². The molecule has 30 heavy (non-hydrogen) atoms. The van der Waals surface area contributed by atoms with Gasteiger partial charge < -0.3 is 9.47 Å². The Balaban J connectivity index is 1.70. The zero-order valence-corrected chi connectivity index (χ0v) is 16.5.